The Labute approximate surface area is 69.5 Å². The largest absolute Gasteiger partial charge is 0.608 e. The van der Waals surface area contributed by atoms with Gasteiger partial charge in [0.2, 0.25) is 0 Å². The van der Waals surface area contributed by atoms with Gasteiger partial charge in [-0.1, -0.05) is 26.2 Å². The fourth-order valence-corrected chi connectivity index (χ4v) is 1.41. The third-order valence-corrected chi connectivity index (χ3v) is 2.55. The Bertz CT molecular complexity index is 127. The summed E-state index contributed by atoms with van der Waals surface area (Å²) in [5.41, 5.74) is 0. The van der Waals surface area contributed by atoms with E-state index >= 15 is 0 Å². The molecule has 0 amide bonds. The molecule has 0 aliphatic carbocycles. The summed E-state index contributed by atoms with van der Waals surface area (Å²) in [4.78, 5) is 0. The van der Waals surface area contributed by atoms with E-state index in [0.29, 0.717) is 6.61 Å². The summed E-state index contributed by atoms with van der Waals surface area (Å²) in [5.74, 6) is 0. The number of hydrogen-bond donors (Lipinski definition) is 0. The van der Waals surface area contributed by atoms with Gasteiger partial charge in [0.1, 0.15) is 6.61 Å². The van der Waals surface area contributed by atoms with Crippen LogP contribution in [-0.4, -0.2) is 6.61 Å². The Hall–Kier alpha value is 0.160. The Morgan fingerprint density at radius 3 is 2.64 bits per heavy atom. The molecule has 64 valence electrons. The van der Waals surface area contributed by atoms with Crippen molar-refractivity contribution in [3.05, 3.63) is 0 Å². The lowest BCUT2D eigenvalue weighted by Gasteiger charge is -1.91. The fourth-order valence-electron chi connectivity index (χ4n) is 0.695. The second kappa shape index (κ2) is 8.26. The zero-order chi connectivity index (χ0) is 8.53. The molecule has 0 aromatic heterocycles. The molecule has 0 saturated heterocycles. The van der Waals surface area contributed by atoms with Gasteiger partial charge in [-0.2, -0.15) is 0 Å². The molecular weight excluding hydrogens is 182 g/mol. The lowest BCUT2D eigenvalue weighted by Crippen LogP contribution is -1.84. The third-order valence-electron chi connectivity index (χ3n) is 1.27. The Balaban J connectivity index is 3.01. The van der Waals surface area contributed by atoms with E-state index in [1.54, 1.807) is 0 Å². The zero-order valence-corrected chi connectivity index (χ0v) is 8.44. The van der Waals surface area contributed by atoms with Gasteiger partial charge in [0.05, 0.1) is 0 Å². The fraction of sp³-hybridized carbons (Fsp3) is 1.00. The minimum absolute atomic E-state index is 0.397. The molecule has 3 nitrogen and oxygen atoms in total. The molecule has 0 rings (SSSR count). The van der Waals surface area contributed by atoms with E-state index < -0.39 is 15.9 Å². The van der Waals surface area contributed by atoms with Gasteiger partial charge in [-0.3, -0.25) is 0 Å². The van der Waals surface area contributed by atoms with E-state index in [-0.39, 0.29) is 0 Å². The van der Waals surface area contributed by atoms with E-state index in [2.05, 4.69) is 6.92 Å². The quantitative estimate of drug-likeness (QED) is 0.461. The van der Waals surface area contributed by atoms with Crippen molar-refractivity contribution in [3.8, 4) is 0 Å². The van der Waals surface area contributed by atoms with Crippen LogP contribution in [0, 0.1) is 0 Å². The number of unbranched alkanes of at least 4 members (excludes halogenated alkanes) is 3. The van der Waals surface area contributed by atoms with Crippen molar-refractivity contribution in [3.63, 3.8) is 0 Å². The van der Waals surface area contributed by atoms with Crippen molar-refractivity contribution in [1.29, 1.82) is 0 Å². The van der Waals surface area contributed by atoms with E-state index in [0.717, 1.165) is 12.8 Å². The van der Waals surface area contributed by atoms with Gasteiger partial charge < -0.3 is 0 Å². The number of rotatable bonds is 7. The summed E-state index contributed by atoms with van der Waals surface area (Å²) in [6, 6.07) is 0. The standard InChI is InChI=1S/C6H13O3P2/c1-2-3-4-5-6-9-11(8)10-7/h2-6H2,1H3/q+1. The van der Waals surface area contributed by atoms with Crippen molar-refractivity contribution in [2.24, 2.45) is 0 Å². The maximum absolute atomic E-state index is 10.4. The molecule has 1 unspecified atom stereocenters. The SMILES string of the molecule is CCCCCCO[P+](=O)P=O. The Kier molecular flexibility index (Phi) is 8.38. The maximum Gasteiger partial charge on any atom is 0.608 e. The van der Waals surface area contributed by atoms with Crippen LogP contribution in [0.5, 0.6) is 0 Å². The van der Waals surface area contributed by atoms with Crippen molar-refractivity contribution in [1.82, 2.24) is 0 Å². The Morgan fingerprint density at radius 1 is 1.36 bits per heavy atom. The average Bonchev–Trinajstić information content (AvgIpc) is 2.04. The highest BCUT2D eigenvalue weighted by Crippen LogP contribution is 2.36. The molecule has 1 atom stereocenters. The van der Waals surface area contributed by atoms with Crippen LogP contribution >= 0.6 is 15.9 Å². The first-order valence-electron chi connectivity index (χ1n) is 3.74. The van der Waals surface area contributed by atoms with Crippen LogP contribution in [0.1, 0.15) is 32.6 Å². The molecule has 0 aromatic carbocycles. The van der Waals surface area contributed by atoms with Gasteiger partial charge in [-0.25, -0.2) is 4.57 Å². The molecule has 0 radical (unpaired) electrons. The predicted octanol–water partition coefficient (Wildman–Crippen LogP) is 3.53. The monoisotopic (exact) mass is 195 g/mol. The molecule has 0 N–H and O–H groups in total. The highest BCUT2D eigenvalue weighted by atomic mass is 32.0. The van der Waals surface area contributed by atoms with Crippen molar-refractivity contribution < 1.29 is 13.7 Å². The van der Waals surface area contributed by atoms with Gasteiger partial charge in [0.25, 0.3) is 0 Å². The third kappa shape index (κ3) is 8.06. The number of hydrogen-bond acceptors (Lipinski definition) is 3. The van der Waals surface area contributed by atoms with Gasteiger partial charge in [-0.05, 0) is 11.0 Å². The van der Waals surface area contributed by atoms with Crippen LogP contribution in [0.2, 0.25) is 0 Å². The highest BCUT2D eigenvalue weighted by Gasteiger charge is 2.16. The van der Waals surface area contributed by atoms with Gasteiger partial charge in [-0.15, -0.1) is 4.52 Å². The first kappa shape index (κ1) is 11.2. The summed E-state index contributed by atoms with van der Waals surface area (Å²) >= 11 is 0. The molecule has 0 heterocycles. The molecule has 0 aromatic rings. The lowest BCUT2D eigenvalue weighted by atomic mass is 10.2. The second-order valence-corrected chi connectivity index (χ2v) is 4.58. The van der Waals surface area contributed by atoms with Crippen LogP contribution in [0.25, 0.3) is 0 Å². The molecule has 0 saturated carbocycles. The van der Waals surface area contributed by atoms with E-state index in [4.69, 9.17) is 4.52 Å². The van der Waals surface area contributed by atoms with E-state index in [9.17, 15) is 9.13 Å². The Morgan fingerprint density at radius 2 is 2.09 bits per heavy atom. The zero-order valence-electron chi connectivity index (χ0n) is 6.65. The van der Waals surface area contributed by atoms with Crippen LogP contribution in [0.4, 0.5) is 0 Å². The van der Waals surface area contributed by atoms with Crippen LogP contribution in [0.15, 0.2) is 0 Å². The minimum atomic E-state index is -1.93. The second-order valence-electron chi connectivity index (χ2n) is 2.21. The molecule has 11 heavy (non-hydrogen) atoms. The lowest BCUT2D eigenvalue weighted by molar-refractivity contribution is 0.324. The van der Waals surface area contributed by atoms with Crippen LogP contribution < -0.4 is 0 Å². The summed E-state index contributed by atoms with van der Waals surface area (Å²) < 4.78 is 25.1. The average molecular weight is 195 g/mol. The summed E-state index contributed by atoms with van der Waals surface area (Å²) in [5, 5.41) is 0. The van der Waals surface area contributed by atoms with Gasteiger partial charge in [0.15, 0.2) is 0 Å². The molecule has 0 aliphatic rings. The van der Waals surface area contributed by atoms with Crippen LogP contribution in [-0.2, 0) is 13.7 Å². The first-order chi connectivity index (χ1) is 5.31. The summed E-state index contributed by atoms with van der Waals surface area (Å²) in [6.07, 6.45) is 4.35. The molecular formula is C6H13O3P2+. The minimum Gasteiger partial charge on any atom is -0.210 e. The van der Waals surface area contributed by atoms with Crippen molar-refractivity contribution in [2.75, 3.05) is 6.61 Å². The highest BCUT2D eigenvalue weighted by molar-refractivity contribution is 8.06. The molecule has 5 heteroatoms. The smallest absolute Gasteiger partial charge is 0.210 e. The van der Waals surface area contributed by atoms with E-state index in [1.165, 1.54) is 12.8 Å². The molecule has 0 bridgehead atoms. The maximum atomic E-state index is 10.4. The summed E-state index contributed by atoms with van der Waals surface area (Å²) in [7, 11) is -2.33. The predicted molar refractivity (Wildman–Crippen MR) is 45.3 cm³/mol. The van der Waals surface area contributed by atoms with Gasteiger partial charge in [0, 0.05) is 0 Å². The first-order valence-corrected chi connectivity index (χ1v) is 6.44. The van der Waals surface area contributed by atoms with Crippen LogP contribution in [0.3, 0.4) is 0 Å². The topological polar surface area (TPSA) is 43.4 Å². The normalized spacial score (nSPS) is 11.9. The van der Waals surface area contributed by atoms with Crippen molar-refractivity contribution in [2.45, 2.75) is 32.6 Å². The van der Waals surface area contributed by atoms with E-state index in [1.807, 2.05) is 0 Å². The summed E-state index contributed by atoms with van der Waals surface area (Å²) in [6.45, 7) is 2.59. The van der Waals surface area contributed by atoms with Crippen molar-refractivity contribution >= 4 is 15.9 Å². The molecule has 0 aliphatic heterocycles. The molecule has 0 fully saturated rings. The van der Waals surface area contributed by atoms with Gasteiger partial charge >= 0.3 is 15.9 Å². The molecule has 0 spiro atoms.